The number of fused-ring (bicyclic) bond motifs is 1. The average molecular weight is 390 g/mol. The maximum atomic E-state index is 13.8. The molecule has 0 radical (unpaired) electrons. The van der Waals surface area contributed by atoms with E-state index in [1.165, 1.54) is 12.1 Å². The first-order valence-electron chi connectivity index (χ1n) is 9.08. The number of aryl methyl sites for hydroxylation is 1. The van der Waals surface area contributed by atoms with Crippen molar-refractivity contribution in [1.82, 2.24) is 14.6 Å². The lowest BCUT2D eigenvalue weighted by Crippen LogP contribution is -2.15. The van der Waals surface area contributed by atoms with E-state index in [-0.39, 0.29) is 18.1 Å². The second-order valence-electron chi connectivity index (χ2n) is 6.63. The van der Waals surface area contributed by atoms with Crippen molar-refractivity contribution in [2.45, 2.75) is 13.3 Å². The summed E-state index contributed by atoms with van der Waals surface area (Å²) in [5.41, 5.74) is 3.42. The van der Waals surface area contributed by atoms with Crippen molar-refractivity contribution in [2.24, 2.45) is 0 Å². The zero-order valence-electron chi connectivity index (χ0n) is 16.0. The molecule has 29 heavy (non-hydrogen) atoms. The standard InChI is InChI=1S/C22H19FN4O2/c1-14-10-11-24-22-20(16-4-3-5-17(23)13-16)21(26-27(14)22)25-19(28)12-15-6-8-18(29-2)9-7-15/h3-11,13H,12H2,1-2H3,(H,25,26,28). The number of ether oxygens (including phenoxy) is 1. The molecule has 0 bridgehead atoms. The molecule has 2 aromatic heterocycles. The highest BCUT2D eigenvalue weighted by Crippen LogP contribution is 2.32. The highest BCUT2D eigenvalue weighted by atomic mass is 19.1. The summed E-state index contributed by atoms with van der Waals surface area (Å²) in [6.45, 7) is 1.89. The van der Waals surface area contributed by atoms with Gasteiger partial charge in [0.25, 0.3) is 0 Å². The average Bonchev–Trinajstić information content (AvgIpc) is 3.07. The van der Waals surface area contributed by atoms with Gasteiger partial charge in [-0.1, -0.05) is 24.3 Å². The van der Waals surface area contributed by atoms with Crippen LogP contribution in [0.4, 0.5) is 10.2 Å². The van der Waals surface area contributed by atoms with Gasteiger partial charge in [-0.15, -0.1) is 5.10 Å². The molecule has 0 atom stereocenters. The minimum Gasteiger partial charge on any atom is -0.497 e. The molecule has 0 saturated heterocycles. The normalized spacial score (nSPS) is 10.9. The molecule has 1 N–H and O–H groups in total. The van der Waals surface area contributed by atoms with E-state index in [2.05, 4.69) is 15.4 Å². The van der Waals surface area contributed by atoms with E-state index in [9.17, 15) is 9.18 Å². The number of nitrogens with one attached hydrogen (secondary N) is 1. The first kappa shape index (κ1) is 18.6. The number of benzene rings is 2. The second kappa shape index (κ2) is 7.71. The van der Waals surface area contributed by atoms with Crippen LogP contribution in [0.15, 0.2) is 60.8 Å². The van der Waals surface area contributed by atoms with Crippen LogP contribution in [0.3, 0.4) is 0 Å². The van der Waals surface area contributed by atoms with Gasteiger partial charge >= 0.3 is 0 Å². The number of hydrogen-bond acceptors (Lipinski definition) is 4. The van der Waals surface area contributed by atoms with E-state index in [1.807, 2.05) is 25.1 Å². The van der Waals surface area contributed by atoms with Crippen molar-refractivity contribution in [1.29, 1.82) is 0 Å². The van der Waals surface area contributed by atoms with Crippen LogP contribution in [0.25, 0.3) is 16.8 Å². The maximum absolute atomic E-state index is 13.8. The fourth-order valence-electron chi connectivity index (χ4n) is 3.16. The minimum atomic E-state index is -0.370. The Kier molecular flexibility index (Phi) is 4.95. The number of anilines is 1. The highest BCUT2D eigenvalue weighted by Gasteiger charge is 2.19. The third-order valence-corrected chi connectivity index (χ3v) is 4.60. The van der Waals surface area contributed by atoms with Crippen molar-refractivity contribution in [3.05, 3.63) is 77.9 Å². The molecule has 1 amide bonds. The fraction of sp³-hybridized carbons (Fsp3) is 0.136. The van der Waals surface area contributed by atoms with E-state index in [0.717, 1.165) is 17.0 Å². The summed E-state index contributed by atoms with van der Waals surface area (Å²) in [6.07, 6.45) is 1.84. The van der Waals surface area contributed by atoms with Gasteiger partial charge in [0.15, 0.2) is 11.5 Å². The maximum Gasteiger partial charge on any atom is 0.230 e. The molecular formula is C22H19FN4O2. The van der Waals surface area contributed by atoms with E-state index in [1.54, 1.807) is 42.1 Å². The van der Waals surface area contributed by atoms with Gasteiger partial charge < -0.3 is 10.1 Å². The van der Waals surface area contributed by atoms with Crippen LogP contribution in [0.5, 0.6) is 5.75 Å². The Morgan fingerprint density at radius 3 is 2.69 bits per heavy atom. The van der Waals surface area contributed by atoms with Gasteiger partial charge in [0.1, 0.15) is 11.6 Å². The van der Waals surface area contributed by atoms with Crippen LogP contribution in [-0.2, 0) is 11.2 Å². The number of rotatable bonds is 5. The molecule has 4 rings (SSSR count). The molecule has 0 saturated carbocycles. The first-order valence-corrected chi connectivity index (χ1v) is 9.08. The summed E-state index contributed by atoms with van der Waals surface area (Å²) in [4.78, 5) is 17.1. The zero-order valence-corrected chi connectivity index (χ0v) is 16.0. The second-order valence-corrected chi connectivity index (χ2v) is 6.63. The number of halogens is 1. The molecule has 6 nitrogen and oxygen atoms in total. The lowest BCUT2D eigenvalue weighted by Gasteiger charge is -2.06. The minimum absolute atomic E-state index is 0.173. The molecule has 0 spiro atoms. The van der Waals surface area contributed by atoms with Crippen molar-refractivity contribution >= 4 is 17.4 Å². The van der Waals surface area contributed by atoms with Gasteiger partial charge in [-0.3, -0.25) is 4.79 Å². The van der Waals surface area contributed by atoms with Gasteiger partial charge in [-0.25, -0.2) is 13.9 Å². The van der Waals surface area contributed by atoms with Crippen molar-refractivity contribution < 1.29 is 13.9 Å². The summed E-state index contributed by atoms with van der Waals surface area (Å²) in [5.74, 6) is 0.472. The molecule has 0 fully saturated rings. The van der Waals surface area contributed by atoms with Gasteiger partial charge in [-0.05, 0) is 48.4 Å². The zero-order chi connectivity index (χ0) is 20.4. The van der Waals surface area contributed by atoms with Crippen molar-refractivity contribution in [2.75, 3.05) is 12.4 Å². The Bertz CT molecular complexity index is 1190. The molecule has 7 heteroatoms. The van der Waals surface area contributed by atoms with E-state index in [0.29, 0.717) is 22.6 Å². The Morgan fingerprint density at radius 1 is 1.17 bits per heavy atom. The van der Waals surface area contributed by atoms with Crippen LogP contribution in [0.1, 0.15) is 11.3 Å². The third kappa shape index (κ3) is 3.80. The lowest BCUT2D eigenvalue weighted by atomic mass is 10.1. The molecule has 2 aromatic carbocycles. The predicted molar refractivity (Wildman–Crippen MR) is 108 cm³/mol. The number of carbonyl (C=O) groups is 1. The van der Waals surface area contributed by atoms with Crippen LogP contribution in [-0.4, -0.2) is 27.6 Å². The molecule has 4 aromatic rings. The highest BCUT2D eigenvalue weighted by molar-refractivity contribution is 5.98. The Morgan fingerprint density at radius 2 is 1.97 bits per heavy atom. The van der Waals surface area contributed by atoms with Crippen molar-refractivity contribution in [3.63, 3.8) is 0 Å². The molecular weight excluding hydrogens is 371 g/mol. The molecule has 146 valence electrons. The van der Waals surface area contributed by atoms with E-state index in [4.69, 9.17) is 4.74 Å². The Hall–Kier alpha value is -3.74. The van der Waals surface area contributed by atoms with Crippen LogP contribution < -0.4 is 10.1 Å². The molecule has 0 aliphatic carbocycles. The summed E-state index contributed by atoms with van der Waals surface area (Å²) in [6, 6.07) is 15.3. The predicted octanol–water partition coefficient (Wildman–Crippen LogP) is 4.03. The van der Waals surface area contributed by atoms with Gasteiger partial charge in [0.05, 0.1) is 19.1 Å². The number of amides is 1. The van der Waals surface area contributed by atoms with Gasteiger partial charge in [-0.2, -0.15) is 0 Å². The third-order valence-electron chi connectivity index (χ3n) is 4.60. The monoisotopic (exact) mass is 390 g/mol. The summed E-state index contributed by atoms with van der Waals surface area (Å²) < 4.78 is 20.6. The lowest BCUT2D eigenvalue weighted by molar-refractivity contribution is -0.115. The summed E-state index contributed by atoms with van der Waals surface area (Å²) >= 11 is 0. The molecule has 0 aliphatic heterocycles. The van der Waals surface area contributed by atoms with Crippen molar-refractivity contribution in [3.8, 4) is 16.9 Å². The summed E-state index contributed by atoms with van der Waals surface area (Å²) in [5, 5.41) is 7.36. The smallest absolute Gasteiger partial charge is 0.230 e. The topological polar surface area (TPSA) is 68.5 Å². The quantitative estimate of drug-likeness (QED) is 0.559. The van der Waals surface area contributed by atoms with Crippen LogP contribution in [0.2, 0.25) is 0 Å². The first-order chi connectivity index (χ1) is 14.0. The molecule has 0 aliphatic rings. The van der Waals surface area contributed by atoms with Gasteiger partial charge in [0, 0.05) is 11.9 Å². The fourth-order valence-corrected chi connectivity index (χ4v) is 3.16. The number of hydrogen-bond donors (Lipinski definition) is 1. The summed E-state index contributed by atoms with van der Waals surface area (Å²) in [7, 11) is 1.59. The SMILES string of the molecule is COc1ccc(CC(=O)Nc2nn3c(C)ccnc3c2-c2cccc(F)c2)cc1. The number of methoxy groups -OCH3 is 1. The van der Waals surface area contributed by atoms with E-state index >= 15 is 0 Å². The molecule has 0 unspecified atom stereocenters. The van der Waals surface area contributed by atoms with Crippen LogP contribution in [0, 0.1) is 12.7 Å². The number of nitrogens with zero attached hydrogens (tertiary/aromatic N) is 3. The van der Waals surface area contributed by atoms with Gasteiger partial charge in [0.2, 0.25) is 5.91 Å². The van der Waals surface area contributed by atoms with E-state index < -0.39 is 0 Å². The molecule has 2 heterocycles. The number of aromatic nitrogens is 3. The Labute approximate surface area is 167 Å². The largest absolute Gasteiger partial charge is 0.497 e. The Balaban J connectivity index is 1.70. The van der Waals surface area contributed by atoms with Crippen LogP contribution >= 0.6 is 0 Å². The number of carbonyl (C=O) groups excluding carboxylic acids is 1.